The van der Waals surface area contributed by atoms with Crippen LogP contribution in [0.1, 0.15) is 54.0 Å². The van der Waals surface area contributed by atoms with Gasteiger partial charge in [-0.3, -0.25) is 33.6 Å². The van der Waals surface area contributed by atoms with Crippen LogP contribution in [-0.2, 0) is 80.9 Å². The zero-order chi connectivity index (χ0) is 38.0. The molecule has 1 aromatic carbocycles. The van der Waals surface area contributed by atoms with Gasteiger partial charge in [-0.05, 0) is 19.1 Å². The van der Waals surface area contributed by atoms with Crippen molar-refractivity contribution in [2.45, 2.75) is 117 Å². The van der Waals surface area contributed by atoms with Crippen LogP contribution in [0.25, 0.3) is 0 Å². The summed E-state index contributed by atoms with van der Waals surface area (Å²) in [6.07, 6.45) is -14.2. The number of esters is 7. The van der Waals surface area contributed by atoms with Crippen molar-refractivity contribution in [3.63, 3.8) is 0 Å². The summed E-state index contributed by atoms with van der Waals surface area (Å²) >= 11 is 0. The highest BCUT2D eigenvalue weighted by molar-refractivity contribution is 5.70. The van der Waals surface area contributed by atoms with Crippen LogP contribution in [-0.4, -0.2) is 116 Å². The standard InChI is InChI=1S/C33H43NO17/c1-15-9-11-23(12-10-15)34-32-30(48-21(7)40)28(46-19(5)38)26(44-17(3)36)24(50-32)14-43-33-31(49-22(8)41)29(47-20(6)39)27(45-18(4)37)25(51-33)13-42-16(2)35/h9-12,24-34H,13-14H2,1-8H3/t24?,25-,26?,27-,28?,29+,30?,31-,32?,33?/m1/s1. The van der Waals surface area contributed by atoms with E-state index < -0.39 is 116 Å². The fourth-order valence-corrected chi connectivity index (χ4v) is 5.47. The van der Waals surface area contributed by atoms with Crippen LogP contribution in [0, 0.1) is 6.92 Å². The minimum Gasteiger partial charge on any atom is -0.463 e. The molecule has 0 aromatic heterocycles. The van der Waals surface area contributed by atoms with Gasteiger partial charge in [0.2, 0.25) is 0 Å². The number of aryl methyl sites for hydroxylation is 1. The summed E-state index contributed by atoms with van der Waals surface area (Å²) in [4.78, 5) is 85.2. The smallest absolute Gasteiger partial charge is 0.303 e. The molecule has 0 amide bonds. The van der Waals surface area contributed by atoms with E-state index in [9.17, 15) is 33.6 Å². The molecule has 18 nitrogen and oxygen atoms in total. The first kappa shape index (κ1) is 40.6. The Kier molecular flexibility index (Phi) is 14.7. The van der Waals surface area contributed by atoms with E-state index in [1.807, 2.05) is 19.1 Å². The molecule has 3 rings (SSSR count). The third-order valence-electron chi connectivity index (χ3n) is 7.27. The Balaban J connectivity index is 2.06. The second-order valence-corrected chi connectivity index (χ2v) is 11.7. The van der Waals surface area contributed by atoms with Crippen LogP contribution in [0.3, 0.4) is 0 Å². The Morgan fingerprint density at radius 2 is 0.941 bits per heavy atom. The van der Waals surface area contributed by atoms with Crippen molar-refractivity contribution in [2.24, 2.45) is 0 Å². The van der Waals surface area contributed by atoms with Crippen LogP contribution >= 0.6 is 0 Å². The molecule has 1 aromatic rings. The SMILES string of the molecule is CC(=O)OC[C@H]1OC(OCC2OC(Nc3ccc(C)cc3)C(OC(C)=O)C(OC(C)=O)C2OC(C)=O)[C@H](OC(C)=O)[C@@H](OC(C)=O)[C@@H]1OC(C)=O. The lowest BCUT2D eigenvalue weighted by Crippen LogP contribution is -2.65. The Morgan fingerprint density at radius 1 is 0.529 bits per heavy atom. The van der Waals surface area contributed by atoms with E-state index in [2.05, 4.69) is 5.32 Å². The molecule has 2 fully saturated rings. The second kappa shape index (κ2) is 18.4. The summed E-state index contributed by atoms with van der Waals surface area (Å²) < 4.78 is 56.4. The average Bonchev–Trinajstić information content (AvgIpc) is 3.00. The highest BCUT2D eigenvalue weighted by Gasteiger charge is 2.55. The summed E-state index contributed by atoms with van der Waals surface area (Å²) in [5.41, 5.74) is 1.47. The van der Waals surface area contributed by atoms with Gasteiger partial charge in [-0.2, -0.15) is 0 Å². The molecule has 0 bridgehead atoms. The Morgan fingerprint density at radius 3 is 1.41 bits per heavy atom. The number of benzene rings is 1. The molecule has 18 heteroatoms. The van der Waals surface area contributed by atoms with Crippen molar-refractivity contribution in [2.75, 3.05) is 18.5 Å². The minimum absolute atomic E-state index is 0.505. The maximum Gasteiger partial charge on any atom is 0.303 e. The minimum atomic E-state index is -1.62. The molecule has 0 saturated carbocycles. The highest BCUT2D eigenvalue weighted by Crippen LogP contribution is 2.33. The molecule has 0 aliphatic carbocycles. The van der Waals surface area contributed by atoms with Crippen molar-refractivity contribution >= 4 is 47.5 Å². The number of hydrogen-bond acceptors (Lipinski definition) is 18. The van der Waals surface area contributed by atoms with Crippen LogP contribution in [0.4, 0.5) is 5.69 Å². The van der Waals surface area contributed by atoms with Gasteiger partial charge in [0.25, 0.3) is 0 Å². The van der Waals surface area contributed by atoms with Crippen molar-refractivity contribution in [1.29, 1.82) is 0 Å². The molecule has 51 heavy (non-hydrogen) atoms. The Bertz CT molecular complexity index is 1430. The average molecular weight is 726 g/mol. The van der Waals surface area contributed by atoms with Crippen LogP contribution in [0.2, 0.25) is 0 Å². The third kappa shape index (κ3) is 12.2. The van der Waals surface area contributed by atoms with Crippen LogP contribution < -0.4 is 5.32 Å². The van der Waals surface area contributed by atoms with Gasteiger partial charge in [0, 0.05) is 54.2 Å². The van der Waals surface area contributed by atoms with Crippen molar-refractivity contribution in [3.8, 4) is 0 Å². The monoisotopic (exact) mass is 725 g/mol. The van der Waals surface area contributed by atoms with Gasteiger partial charge in [-0.25, -0.2) is 0 Å². The predicted molar refractivity (Wildman–Crippen MR) is 168 cm³/mol. The molecule has 2 heterocycles. The number of hydrogen-bond donors (Lipinski definition) is 1. The molecular weight excluding hydrogens is 682 g/mol. The predicted octanol–water partition coefficient (Wildman–Crippen LogP) is 1.03. The van der Waals surface area contributed by atoms with Crippen molar-refractivity contribution < 1.29 is 80.9 Å². The maximum atomic E-state index is 12.3. The topological polar surface area (TPSA) is 224 Å². The molecule has 282 valence electrons. The van der Waals surface area contributed by atoms with Gasteiger partial charge < -0.3 is 52.7 Å². The lowest BCUT2D eigenvalue weighted by Gasteiger charge is -2.46. The first-order valence-corrected chi connectivity index (χ1v) is 15.9. The number of ether oxygens (including phenoxy) is 10. The number of anilines is 1. The van der Waals surface area contributed by atoms with Gasteiger partial charge in [0.1, 0.15) is 18.8 Å². The summed E-state index contributed by atoms with van der Waals surface area (Å²) in [6.45, 7) is 8.50. The quantitative estimate of drug-likeness (QED) is 0.221. The van der Waals surface area contributed by atoms with E-state index in [1.165, 1.54) is 0 Å². The Hall–Kier alpha value is -4.81. The van der Waals surface area contributed by atoms with Crippen molar-refractivity contribution in [1.82, 2.24) is 0 Å². The third-order valence-corrected chi connectivity index (χ3v) is 7.27. The van der Waals surface area contributed by atoms with E-state index in [0.717, 1.165) is 54.0 Å². The molecule has 6 unspecified atom stereocenters. The number of carbonyl (C=O) groups is 7. The summed E-state index contributed by atoms with van der Waals surface area (Å²) in [6, 6.07) is 7.07. The zero-order valence-corrected chi connectivity index (χ0v) is 29.4. The Labute approximate surface area is 293 Å². The summed E-state index contributed by atoms with van der Waals surface area (Å²) in [7, 11) is 0. The van der Waals surface area contributed by atoms with Gasteiger partial charge in [-0.1, -0.05) is 17.7 Å². The lowest BCUT2D eigenvalue weighted by atomic mass is 9.96. The molecule has 2 saturated heterocycles. The first-order chi connectivity index (χ1) is 23.9. The highest BCUT2D eigenvalue weighted by atomic mass is 16.7. The van der Waals surface area contributed by atoms with Gasteiger partial charge in [-0.15, -0.1) is 0 Å². The van der Waals surface area contributed by atoms with Crippen LogP contribution in [0.15, 0.2) is 24.3 Å². The lowest BCUT2D eigenvalue weighted by molar-refractivity contribution is -0.318. The fraction of sp³-hybridized carbons (Fsp3) is 0.606. The second-order valence-electron chi connectivity index (χ2n) is 11.7. The number of nitrogens with one attached hydrogen (secondary N) is 1. The van der Waals surface area contributed by atoms with E-state index in [1.54, 1.807) is 12.1 Å². The molecule has 10 atom stereocenters. The zero-order valence-electron chi connectivity index (χ0n) is 29.4. The van der Waals surface area contributed by atoms with Gasteiger partial charge in [0.15, 0.2) is 49.1 Å². The van der Waals surface area contributed by atoms with E-state index >= 15 is 0 Å². The largest absolute Gasteiger partial charge is 0.463 e. The first-order valence-electron chi connectivity index (χ1n) is 15.9. The molecule has 0 radical (unpaired) electrons. The summed E-state index contributed by atoms with van der Waals surface area (Å²) in [5, 5.41) is 3.09. The maximum absolute atomic E-state index is 12.3. The van der Waals surface area contributed by atoms with Crippen molar-refractivity contribution in [3.05, 3.63) is 29.8 Å². The summed E-state index contributed by atoms with van der Waals surface area (Å²) in [5.74, 6) is -5.62. The normalized spacial score (nSPS) is 28.6. The van der Waals surface area contributed by atoms with E-state index in [4.69, 9.17) is 47.4 Å². The van der Waals surface area contributed by atoms with Gasteiger partial charge in [0.05, 0.1) is 6.61 Å². The number of carbonyl (C=O) groups excluding carboxylic acids is 7. The fourth-order valence-electron chi connectivity index (χ4n) is 5.47. The molecule has 2 aliphatic rings. The van der Waals surface area contributed by atoms with E-state index in [0.29, 0.717) is 5.69 Å². The van der Waals surface area contributed by atoms with E-state index in [-0.39, 0.29) is 0 Å². The molecule has 2 aliphatic heterocycles. The molecular formula is C33H43NO17. The van der Waals surface area contributed by atoms with Gasteiger partial charge >= 0.3 is 41.8 Å². The van der Waals surface area contributed by atoms with Crippen LogP contribution in [0.5, 0.6) is 0 Å². The molecule has 0 spiro atoms. The molecule has 1 N–H and O–H groups in total. The number of rotatable bonds is 13.